The summed E-state index contributed by atoms with van der Waals surface area (Å²) in [4.78, 5) is 0. The number of hydrogen-bond acceptors (Lipinski definition) is 3. The van der Waals surface area contributed by atoms with Crippen LogP contribution in [-0.2, 0) is 0 Å². The Labute approximate surface area is 112 Å². The maximum Gasteiger partial charge on any atom is 0.126 e. The van der Waals surface area contributed by atoms with Gasteiger partial charge in [-0.05, 0) is 48.4 Å². The summed E-state index contributed by atoms with van der Waals surface area (Å²) in [6.45, 7) is 2.01. The highest BCUT2D eigenvalue weighted by Gasteiger charge is 1.97. The van der Waals surface area contributed by atoms with Gasteiger partial charge in [0.15, 0.2) is 0 Å². The van der Waals surface area contributed by atoms with E-state index in [1.165, 1.54) is 0 Å². The molecule has 0 heterocycles. The first-order chi connectivity index (χ1) is 9.17. The lowest BCUT2D eigenvalue weighted by atomic mass is 10.2. The van der Waals surface area contributed by atoms with Gasteiger partial charge in [-0.15, -0.1) is 0 Å². The maximum atomic E-state index is 9.52. The second-order valence-electron chi connectivity index (χ2n) is 4.20. The molecule has 3 nitrogen and oxygen atoms in total. The zero-order chi connectivity index (χ0) is 13.7. The van der Waals surface area contributed by atoms with Crippen LogP contribution in [0.5, 0.6) is 17.2 Å². The number of rotatable bonds is 4. The predicted molar refractivity (Wildman–Crippen MR) is 75.5 cm³/mol. The fourth-order valence-corrected chi connectivity index (χ4v) is 1.70. The fourth-order valence-electron chi connectivity index (χ4n) is 1.70. The summed E-state index contributed by atoms with van der Waals surface area (Å²) in [5.41, 5.74) is 1.95. The van der Waals surface area contributed by atoms with Gasteiger partial charge in [-0.3, -0.25) is 0 Å². The first kappa shape index (κ1) is 13.0. The number of benzene rings is 2. The molecule has 0 saturated heterocycles. The predicted octanol–water partition coefficient (Wildman–Crippen LogP) is 3.76. The molecule has 0 aliphatic rings. The van der Waals surface area contributed by atoms with Crippen LogP contribution in [0.25, 0.3) is 6.08 Å². The van der Waals surface area contributed by atoms with Crippen molar-refractivity contribution in [2.75, 3.05) is 7.11 Å². The summed E-state index contributed by atoms with van der Waals surface area (Å²) < 4.78 is 10.6. The normalized spacial score (nSPS) is 10.6. The number of methoxy groups -OCH3 is 1. The van der Waals surface area contributed by atoms with Gasteiger partial charge in [-0.2, -0.15) is 0 Å². The van der Waals surface area contributed by atoms with Gasteiger partial charge in [-0.25, -0.2) is 0 Å². The number of aromatic hydroxyl groups is 1. The van der Waals surface area contributed by atoms with Crippen LogP contribution in [0, 0.1) is 6.92 Å². The van der Waals surface area contributed by atoms with Crippen molar-refractivity contribution in [2.45, 2.75) is 6.92 Å². The van der Waals surface area contributed by atoms with E-state index in [1.807, 2.05) is 37.3 Å². The lowest BCUT2D eigenvalue weighted by Gasteiger charge is -2.03. The molecule has 2 aromatic rings. The standard InChI is InChI=1S/C16H16O3/c1-12-4-3-5-15(8-12)19-7-6-13-9-14(17)11-16(10-13)18-2/h3-11,17H,1-2H3. The minimum atomic E-state index is 0.162. The lowest BCUT2D eigenvalue weighted by molar-refractivity contribution is 0.407. The van der Waals surface area contributed by atoms with Crippen molar-refractivity contribution in [2.24, 2.45) is 0 Å². The van der Waals surface area contributed by atoms with Crippen molar-refractivity contribution >= 4 is 6.08 Å². The molecule has 2 rings (SSSR count). The molecule has 1 N–H and O–H groups in total. The summed E-state index contributed by atoms with van der Waals surface area (Å²) in [5.74, 6) is 1.55. The molecule has 19 heavy (non-hydrogen) atoms. The summed E-state index contributed by atoms with van der Waals surface area (Å²) in [5, 5.41) is 9.52. The average Bonchev–Trinajstić information content (AvgIpc) is 2.38. The van der Waals surface area contributed by atoms with Crippen molar-refractivity contribution in [3.05, 3.63) is 59.9 Å². The third-order valence-corrected chi connectivity index (χ3v) is 2.60. The van der Waals surface area contributed by atoms with E-state index in [0.717, 1.165) is 16.9 Å². The average molecular weight is 256 g/mol. The van der Waals surface area contributed by atoms with E-state index in [9.17, 15) is 5.11 Å². The van der Waals surface area contributed by atoms with Crippen LogP contribution in [0.4, 0.5) is 0 Å². The highest BCUT2D eigenvalue weighted by molar-refractivity contribution is 5.54. The molecule has 0 spiro atoms. The Kier molecular flexibility index (Phi) is 4.08. The van der Waals surface area contributed by atoms with Gasteiger partial charge in [0.2, 0.25) is 0 Å². The van der Waals surface area contributed by atoms with Gasteiger partial charge in [0.05, 0.1) is 13.4 Å². The Morgan fingerprint density at radius 3 is 2.63 bits per heavy atom. The third-order valence-electron chi connectivity index (χ3n) is 2.60. The molecule has 0 aromatic heterocycles. The number of aryl methyl sites for hydroxylation is 1. The Balaban J connectivity index is 2.08. The lowest BCUT2D eigenvalue weighted by Crippen LogP contribution is -1.85. The van der Waals surface area contributed by atoms with Crippen LogP contribution in [0.2, 0.25) is 0 Å². The maximum absolute atomic E-state index is 9.52. The van der Waals surface area contributed by atoms with E-state index in [4.69, 9.17) is 9.47 Å². The van der Waals surface area contributed by atoms with Crippen LogP contribution in [0.1, 0.15) is 11.1 Å². The molecule has 0 saturated carbocycles. The van der Waals surface area contributed by atoms with E-state index in [0.29, 0.717) is 5.75 Å². The summed E-state index contributed by atoms with van der Waals surface area (Å²) in [7, 11) is 1.56. The summed E-state index contributed by atoms with van der Waals surface area (Å²) in [6.07, 6.45) is 3.35. The SMILES string of the molecule is COc1cc(O)cc(C=COc2cccc(C)c2)c1. The topological polar surface area (TPSA) is 38.7 Å². The van der Waals surface area contributed by atoms with Gasteiger partial charge < -0.3 is 14.6 Å². The van der Waals surface area contributed by atoms with E-state index >= 15 is 0 Å². The molecule has 0 fully saturated rings. The summed E-state index contributed by atoms with van der Waals surface area (Å²) in [6, 6.07) is 12.8. The second-order valence-corrected chi connectivity index (χ2v) is 4.20. The largest absolute Gasteiger partial charge is 0.508 e. The van der Waals surface area contributed by atoms with Crippen molar-refractivity contribution < 1.29 is 14.6 Å². The summed E-state index contributed by atoms with van der Waals surface area (Å²) >= 11 is 0. The highest BCUT2D eigenvalue weighted by Crippen LogP contribution is 2.22. The monoisotopic (exact) mass is 256 g/mol. The molecule has 0 amide bonds. The first-order valence-electron chi connectivity index (χ1n) is 5.95. The number of ether oxygens (including phenoxy) is 2. The van der Waals surface area contributed by atoms with Crippen molar-refractivity contribution in [1.82, 2.24) is 0 Å². The zero-order valence-electron chi connectivity index (χ0n) is 11.0. The molecule has 0 radical (unpaired) electrons. The molecule has 98 valence electrons. The van der Waals surface area contributed by atoms with Gasteiger partial charge in [0.25, 0.3) is 0 Å². The zero-order valence-corrected chi connectivity index (χ0v) is 11.0. The molecule has 2 aromatic carbocycles. The molecule has 0 atom stereocenters. The van der Waals surface area contributed by atoms with E-state index in [1.54, 1.807) is 31.6 Å². The van der Waals surface area contributed by atoms with E-state index in [-0.39, 0.29) is 5.75 Å². The number of phenols is 1. The molecule has 3 heteroatoms. The first-order valence-corrected chi connectivity index (χ1v) is 5.95. The minimum Gasteiger partial charge on any atom is -0.508 e. The number of hydrogen-bond donors (Lipinski definition) is 1. The van der Waals surface area contributed by atoms with E-state index < -0.39 is 0 Å². The molecule has 0 aliphatic carbocycles. The van der Waals surface area contributed by atoms with Gasteiger partial charge in [0, 0.05) is 6.07 Å². The minimum absolute atomic E-state index is 0.162. The van der Waals surface area contributed by atoms with Gasteiger partial charge in [0.1, 0.15) is 17.2 Å². The molecular weight excluding hydrogens is 240 g/mol. The molecule has 0 unspecified atom stereocenters. The van der Waals surface area contributed by atoms with Crippen LogP contribution < -0.4 is 9.47 Å². The Bertz CT molecular complexity index is 588. The highest BCUT2D eigenvalue weighted by atomic mass is 16.5. The van der Waals surface area contributed by atoms with Crippen molar-refractivity contribution in [3.8, 4) is 17.2 Å². The van der Waals surface area contributed by atoms with Crippen LogP contribution in [0.15, 0.2) is 48.7 Å². The van der Waals surface area contributed by atoms with Crippen molar-refractivity contribution in [3.63, 3.8) is 0 Å². The fraction of sp³-hybridized carbons (Fsp3) is 0.125. The smallest absolute Gasteiger partial charge is 0.126 e. The molecule has 0 aliphatic heterocycles. The van der Waals surface area contributed by atoms with E-state index in [2.05, 4.69) is 0 Å². The van der Waals surface area contributed by atoms with Crippen LogP contribution >= 0.6 is 0 Å². The second kappa shape index (κ2) is 5.96. The third kappa shape index (κ3) is 3.78. The number of phenolic OH excluding ortho intramolecular Hbond substituents is 1. The quantitative estimate of drug-likeness (QED) is 0.846. The Hall–Kier alpha value is -2.42. The Morgan fingerprint density at radius 2 is 1.89 bits per heavy atom. The molecule has 0 bridgehead atoms. The molecular formula is C16H16O3. The van der Waals surface area contributed by atoms with Crippen molar-refractivity contribution in [1.29, 1.82) is 0 Å². The van der Waals surface area contributed by atoms with Crippen LogP contribution in [-0.4, -0.2) is 12.2 Å². The Morgan fingerprint density at radius 1 is 1.05 bits per heavy atom. The van der Waals surface area contributed by atoms with Gasteiger partial charge >= 0.3 is 0 Å². The van der Waals surface area contributed by atoms with Crippen LogP contribution in [0.3, 0.4) is 0 Å². The van der Waals surface area contributed by atoms with Gasteiger partial charge in [-0.1, -0.05) is 12.1 Å².